The molecule has 2 heterocycles. The maximum atomic E-state index is 12.8. The smallest absolute Gasteiger partial charge is 0.274 e. The Kier molecular flexibility index (Phi) is 5.48. The van der Waals surface area contributed by atoms with Gasteiger partial charge in [-0.25, -0.2) is 9.67 Å². The lowest BCUT2D eigenvalue weighted by Crippen LogP contribution is -2.31. The van der Waals surface area contributed by atoms with Gasteiger partial charge in [-0.15, -0.1) is 5.10 Å². The van der Waals surface area contributed by atoms with Crippen molar-refractivity contribution in [1.82, 2.24) is 29.9 Å². The van der Waals surface area contributed by atoms with E-state index < -0.39 is 0 Å². The molecule has 28 heavy (non-hydrogen) atoms. The molecule has 1 saturated carbocycles. The van der Waals surface area contributed by atoms with Crippen LogP contribution in [0.4, 0.5) is 0 Å². The van der Waals surface area contributed by atoms with Gasteiger partial charge in [0.05, 0.1) is 24.6 Å². The summed E-state index contributed by atoms with van der Waals surface area (Å²) in [4.78, 5) is 16.9. The fourth-order valence-electron chi connectivity index (χ4n) is 3.68. The second kappa shape index (κ2) is 8.35. The van der Waals surface area contributed by atoms with Crippen LogP contribution in [0.3, 0.4) is 0 Å². The first kappa shape index (κ1) is 18.4. The number of hydrogen-bond acceptors (Lipinski definition) is 5. The van der Waals surface area contributed by atoms with Crippen LogP contribution in [0.25, 0.3) is 0 Å². The van der Waals surface area contributed by atoms with Crippen LogP contribution in [-0.4, -0.2) is 36.5 Å². The molecular formula is C20H25N7O. The highest BCUT2D eigenvalue weighted by molar-refractivity contribution is 5.92. The molecule has 1 atom stereocenters. The Morgan fingerprint density at radius 2 is 2.00 bits per heavy atom. The zero-order chi connectivity index (χ0) is 19.3. The Labute approximate surface area is 163 Å². The van der Waals surface area contributed by atoms with Crippen LogP contribution in [0.2, 0.25) is 0 Å². The number of carbonyl (C=O) groups excluding carboxylic acids is 1. The molecule has 3 N–H and O–H groups in total. The van der Waals surface area contributed by atoms with Crippen molar-refractivity contribution in [3.05, 3.63) is 66.5 Å². The zero-order valence-corrected chi connectivity index (χ0v) is 15.7. The van der Waals surface area contributed by atoms with Crippen LogP contribution in [0.15, 0.2) is 55.2 Å². The fraction of sp³-hybridized carbons (Fsp3) is 0.400. The summed E-state index contributed by atoms with van der Waals surface area (Å²) in [7, 11) is 0. The highest BCUT2D eigenvalue weighted by Gasteiger charge is 2.23. The first-order valence-corrected chi connectivity index (χ1v) is 9.68. The molecule has 0 bridgehead atoms. The van der Waals surface area contributed by atoms with Crippen molar-refractivity contribution in [2.45, 2.75) is 50.4 Å². The van der Waals surface area contributed by atoms with Gasteiger partial charge in [-0.3, -0.25) is 4.79 Å². The summed E-state index contributed by atoms with van der Waals surface area (Å²) in [5.74, 6) is -0.229. The Bertz CT molecular complexity index is 882. The molecule has 2 aromatic heterocycles. The third-order valence-electron chi connectivity index (χ3n) is 5.32. The van der Waals surface area contributed by atoms with Crippen molar-refractivity contribution in [3.8, 4) is 0 Å². The third kappa shape index (κ3) is 4.28. The van der Waals surface area contributed by atoms with E-state index in [0.717, 1.165) is 31.2 Å². The Hall–Kier alpha value is -3.00. The molecule has 0 saturated heterocycles. The predicted octanol–water partition coefficient (Wildman–Crippen LogP) is 2.09. The van der Waals surface area contributed by atoms with Crippen molar-refractivity contribution in [2.24, 2.45) is 5.73 Å². The van der Waals surface area contributed by atoms with E-state index in [-0.39, 0.29) is 24.0 Å². The second-order valence-corrected chi connectivity index (χ2v) is 7.35. The van der Waals surface area contributed by atoms with Crippen LogP contribution in [0.5, 0.6) is 0 Å². The summed E-state index contributed by atoms with van der Waals surface area (Å²) >= 11 is 0. The molecule has 3 aromatic rings. The summed E-state index contributed by atoms with van der Waals surface area (Å²) in [5, 5.41) is 11.4. The number of nitrogens with one attached hydrogen (secondary N) is 1. The lowest BCUT2D eigenvalue weighted by molar-refractivity contribution is 0.0927. The van der Waals surface area contributed by atoms with Gasteiger partial charge in [0.15, 0.2) is 5.69 Å². The minimum atomic E-state index is -0.229. The van der Waals surface area contributed by atoms with Crippen molar-refractivity contribution in [1.29, 1.82) is 0 Å². The van der Waals surface area contributed by atoms with Gasteiger partial charge in [-0.05, 0) is 31.2 Å². The minimum absolute atomic E-state index is 0.194. The standard InChI is InChI=1S/C20H25N7O/c21-16-6-8-17(9-7-16)27-13-19(24-25-27)20(28)23-18(12-26-11-10-22-14-26)15-4-2-1-3-5-15/h1-5,10-11,13-14,16-18H,6-9,12,21H2,(H,23,28). The lowest BCUT2D eigenvalue weighted by atomic mass is 9.92. The number of rotatable bonds is 6. The van der Waals surface area contributed by atoms with Crippen molar-refractivity contribution in [3.63, 3.8) is 0 Å². The van der Waals surface area contributed by atoms with Crippen molar-refractivity contribution < 1.29 is 4.79 Å². The van der Waals surface area contributed by atoms with Crippen LogP contribution in [-0.2, 0) is 6.54 Å². The molecule has 4 rings (SSSR count). The maximum Gasteiger partial charge on any atom is 0.274 e. The van der Waals surface area contributed by atoms with Gasteiger partial charge in [0.2, 0.25) is 0 Å². The molecule has 1 aliphatic carbocycles. The topological polar surface area (TPSA) is 104 Å². The second-order valence-electron chi connectivity index (χ2n) is 7.35. The van der Waals surface area contributed by atoms with E-state index >= 15 is 0 Å². The zero-order valence-electron chi connectivity index (χ0n) is 15.7. The minimum Gasteiger partial charge on any atom is -0.342 e. The van der Waals surface area contributed by atoms with Gasteiger partial charge in [0.25, 0.3) is 5.91 Å². The van der Waals surface area contributed by atoms with Crippen LogP contribution in [0.1, 0.15) is 53.8 Å². The van der Waals surface area contributed by atoms with Crippen LogP contribution < -0.4 is 11.1 Å². The number of hydrogen-bond donors (Lipinski definition) is 2. The van der Waals surface area contributed by atoms with Gasteiger partial charge < -0.3 is 15.6 Å². The number of aromatic nitrogens is 5. The van der Waals surface area contributed by atoms with Gasteiger partial charge in [-0.1, -0.05) is 35.5 Å². The van der Waals surface area contributed by atoms with E-state index in [0.29, 0.717) is 12.2 Å². The lowest BCUT2D eigenvalue weighted by Gasteiger charge is -2.25. The van der Waals surface area contributed by atoms with Crippen molar-refractivity contribution in [2.75, 3.05) is 0 Å². The molecule has 0 spiro atoms. The summed E-state index contributed by atoms with van der Waals surface area (Å²) in [6.07, 6.45) is 11.0. The molecule has 0 aliphatic heterocycles. The number of benzene rings is 1. The predicted molar refractivity (Wildman–Crippen MR) is 104 cm³/mol. The molecule has 8 heteroatoms. The van der Waals surface area contributed by atoms with E-state index in [2.05, 4.69) is 20.6 Å². The molecule has 1 aliphatic rings. The average Bonchev–Trinajstić information content (AvgIpc) is 3.41. The molecular weight excluding hydrogens is 354 g/mol. The molecule has 8 nitrogen and oxygen atoms in total. The number of nitrogens with two attached hydrogens (primary N) is 1. The molecule has 1 amide bonds. The van der Waals surface area contributed by atoms with Gasteiger partial charge in [0.1, 0.15) is 0 Å². The first-order chi connectivity index (χ1) is 13.7. The fourth-order valence-corrected chi connectivity index (χ4v) is 3.68. The summed E-state index contributed by atoms with van der Waals surface area (Å²) in [6.45, 7) is 0.588. The summed E-state index contributed by atoms with van der Waals surface area (Å²) in [5.41, 5.74) is 7.34. The summed E-state index contributed by atoms with van der Waals surface area (Å²) in [6, 6.07) is 10.2. The van der Waals surface area contributed by atoms with Crippen molar-refractivity contribution >= 4 is 5.91 Å². The normalized spacial score (nSPS) is 20.6. The maximum absolute atomic E-state index is 12.8. The number of carbonyl (C=O) groups is 1. The average molecular weight is 379 g/mol. The SMILES string of the molecule is NC1CCC(n2cc(C(=O)NC(Cn3ccnc3)c3ccccc3)nn2)CC1. The van der Waals surface area contributed by atoms with Gasteiger partial charge >= 0.3 is 0 Å². The Morgan fingerprint density at radius 1 is 1.21 bits per heavy atom. The van der Waals surface area contributed by atoms with E-state index in [1.54, 1.807) is 18.7 Å². The highest BCUT2D eigenvalue weighted by Crippen LogP contribution is 2.27. The van der Waals surface area contributed by atoms with E-state index in [9.17, 15) is 4.79 Å². The highest BCUT2D eigenvalue weighted by atomic mass is 16.2. The molecule has 0 radical (unpaired) electrons. The number of amides is 1. The first-order valence-electron chi connectivity index (χ1n) is 9.68. The molecule has 146 valence electrons. The molecule has 1 unspecified atom stereocenters. The van der Waals surface area contributed by atoms with E-state index in [1.165, 1.54) is 0 Å². The number of nitrogens with zero attached hydrogens (tertiary/aromatic N) is 5. The monoisotopic (exact) mass is 379 g/mol. The Morgan fingerprint density at radius 3 is 2.71 bits per heavy atom. The quantitative estimate of drug-likeness (QED) is 0.682. The number of imidazole rings is 1. The third-order valence-corrected chi connectivity index (χ3v) is 5.32. The summed E-state index contributed by atoms with van der Waals surface area (Å²) < 4.78 is 3.76. The Balaban J connectivity index is 1.47. The van der Waals surface area contributed by atoms with Gasteiger partial charge in [-0.2, -0.15) is 0 Å². The molecule has 1 fully saturated rings. The van der Waals surface area contributed by atoms with Crippen LogP contribution >= 0.6 is 0 Å². The van der Waals surface area contributed by atoms with E-state index in [4.69, 9.17) is 5.73 Å². The van der Waals surface area contributed by atoms with Gasteiger partial charge in [0, 0.05) is 25.0 Å². The van der Waals surface area contributed by atoms with E-state index in [1.807, 2.05) is 45.8 Å². The molecule has 1 aromatic carbocycles. The van der Waals surface area contributed by atoms with Crippen LogP contribution in [0, 0.1) is 0 Å². The largest absolute Gasteiger partial charge is 0.342 e.